The summed E-state index contributed by atoms with van der Waals surface area (Å²) in [7, 11) is 0. The van der Waals surface area contributed by atoms with Crippen LogP contribution in [0.4, 0.5) is 0 Å². The number of thiophene rings is 1. The molecule has 0 aromatic carbocycles. The van der Waals surface area contributed by atoms with E-state index in [0.717, 1.165) is 21.2 Å². The second kappa shape index (κ2) is 6.08. The highest BCUT2D eigenvalue weighted by molar-refractivity contribution is 7.11. The van der Waals surface area contributed by atoms with Crippen LogP contribution in [0.1, 0.15) is 27.7 Å². The van der Waals surface area contributed by atoms with Gasteiger partial charge in [-0.3, -0.25) is 10.1 Å². The van der Waals surface area contributed by atoms with E-state index in [4.69, 9.17) is 0 Å². The van der Waals surface area contributed by atoms with Crippen LogP contribution >= 0.6 is 22.7 Å². The molecule has 0 fully saturated rings. The van der Waals surface area contributed by atoms with Crippen molar-refractivity contribution < 1.29 is 9.90 Å². The summed E-state index contributed by atoms with van der Waals surface area (Å²) in [5, 5.41) is 15.2. The largest absolute Gasteiger partial charge is 0.480 e. The van der Waals surface area contributed by atoms with Gasteiger partial charge >= 0.3 is 5.97 Å². The van der Waals surface area contributed by atoms with Crippen LogP contribution in [-0.4, -0.2) is 16.1 Å². The number of nitrogens with one attached hydrogen (secondary N) is 1. The second-order valence-electron chi connectivity index (χ2n) is 3.74. The molecule has 0 aliphatic carbocycles. The Morgan fingerprint density at radius 1 is 1.61 bits per heavy atom. The number of aliphatic carboxylic acids is 1. The van der Waals surface area contributed by atoms with Gasteiger partial charge in [-0.1, -0.05) is 13.0 Å². The van der Waals surface area contributed by atoms with Crippen molar-refractivity contribution in [2.45, 2.75) is 25.9 Å². The third-order valence-corrected chi connectivity index (χ3v) is 4.54. The molecule has 0 bridgehead atoms. The number of thiazole rings is 1. The Bertz CT molecular complexity index is 508. The van der Waals surface area contributed by atoms with Crippen LogP contribution in [-0.2, 0) is 17.8 Å². The van der Waals surface area contributed by atoms with Crippen LogP contribution in [0.15, 0.2) is 23.7 Å². The molecule has 1 atom stereocenters. The molecule has 96 valence electrons. The van der Waals surface area contributed by atoms with E-state index in [2.05, 4.69) is 17.2 Å². The van der Waals surface area contributed by atoms with Crippen LogP contribution < -0.4 is 5.32 Å². The molecule has 6 heteroatoms. The minimum absolute atomic E-state index is 0.534. The van der Waals surface area contributed by atoms with Gasteiger partial charge in [0.25, 0.3) is 0 Å². The maximum Gasteiger partial charge on any atom is 0.326 e. The van der Waals surface area contributed by atoms with Crippen molar-refractivity contribution in [2.75, 3.05) is 0 Å². The Balaban J connectivity index is 2.00. The third-order valence-electron chi connectivity index (χ3n) is 2.46. The first-order valence-electron chi connectivity index (χ1n) is 5.64. The van der Waals surface area contributed by atoms with Crippen molar-refractivity contribution in [1.82, 2.24) is 10.3 Å². The Morgan fingerprint density at radius 2 is 2.44 bits per heavy atom. The SMILES string of the molecule is CCc1ncc(CNC(C(=O)O)c2cccs2)s1. The highest BCUT2D eigenvalue weighted by Crippen LogP contribution is 2.21. The summed E-state index contributed by atoms with van der Waals surface area (Å²) in [5.74, 6) is -0.849. The molecule has 0 saturated heterocycles. The van der Waals surface area contributed by atoms with Gasteiger partial charge in [0.15, 0.2) is 0 Å². The summed E-state index contributed by atoms with van der Waals surface area (Å²) in [6.07, 6.45) is 2.72. The molecule has 0 saturated carbocycles. The Labute approximate surface area is 113 Å². The molecule has 2 rings (SSSR count). The van der Waals surface area contributed by atoms with Gasteiger partial charge in [0, 0.05) is 22.5 Å². The molecule has 2 aromatic heterocycles. The van der Waals surface area contributed by atoms with Crippen molar-refractivity contribution in [3.8, 4) is 0 Å². The lowest BCUT2D eigenvalue weighted by atomic mass is 10.2. The highest BCUT2D eigenvalue weighted by atomic mass is 32.1. The predicted octanol–water partition coefficient (Wildman–Crippen LogP) is 2.68. The Morgan fingerprint density at radius 3 is 3.00 bits per heavy atom. The van der Waals surface area contributed by atoms with E-state index in [1.165, 1.54) is 11.3 Å². The first-order valence-corrected chi connectivity index (χ1v) is 7.33. The minimum atomic E-state index is -0.849. The summed E-state index contributed by atoms with van der Waals surface area (Å²) >= 11 is 3.07. The van der Waals surface area contributed by atoms with E-state index in [0.29, 0.717) is 6.54 Å². The predicted molar refractivity (Wildman–Crippen MR) is 73.0 cm³/mol. The number of carbonyl (C=O) groups is 1. The molecule has 0 aliphatic rings. The fraction of sp³-hybridized carbons (Fsp3) is 0.333. The van der Waals surface area contributed by atoms with Crippen LogP contribution in [0.2, 0.25) is 0 Å². The zero-order valence-corrected chi connectivity index (χ0v) is 11.6. The van der Waals surface area contributed by atoms with E-state index < -0.39 is 12.0 Å². The number of carboxylic acids is 1. The van der Waals surface area contributed by atoms with Gasteiger partial charge in [-0.25, -0.2) is 4.98 Å². The number of aryl methyl sites for hydroxylation is 1. The van der Waals surface area contributed by atoms with E-state index >= 15 is 0 Å². The van der Waals surface area contributed by atoms with E-state index in [-0.39, 0.29) is 0 Å². The number of nitrogens with zero attached hydrogens (tertiary/aromatic N) is 1. The number of hydrogen-bond donors (Lipinski definition) is 2. The van der Waals surface area contributed by atoms with E-state index in [9.17, 15) is 9.90 Å². The summed E-state index contributed by atoms with van der Waals surface area (Å²) in [5.41, 5.74) is 0. The lowest BCUT2D eigenvalue weighted by Crippen LogP contribution is -2.27. The van der Waals surface area contributed by atoms with Crippen LogP contribution in [0, 0.1) is 0 Å². The smallest absolute Gasteiger partial charge is 0.326 e. The first kappa shape index (κ1) is 13.2. The molecule has 0 spiro atoms. The molecular weight excluding hydrogens is 268 g/mol. The Kier molecular flexibility index (Phi) is 4.46. The van der Waals surface area contributed by atoms with Crippen molar-refractivity contribution in [3.05, 3.63) is 38.5 Å². The maximum absolute atomic E-state index is 11.2. The number of aromatic nitrogens is 1. The Hall–Kier alpha value is -1.24. The molecule has 0 aliphatic heterocycles. The zero-order valence-electron chi connectivity index (χ0n) is 9.92. The fourth-order valence-corrected chi connectivity index (χ4v) is 3.17. The van der Waals surface area contributed by atoms with Crippen molar-refractivity contribution >= 4 is 28.6 Å². The average molecular weight is 282 g/mol. The second-order valence-corrected chi connectivity index (χ2v) is 5.92. The van der Waals surface area contributed by atoms with Crippen LogP contribution in [0.25, 0.3) is 0 Å². The number of rotatable bonds is 6. The van der Waals surface area contributed by atoms with E-state index in [1.807, 2.05) is 23.7 Å². The summed E-state index contributed by atoms with van der Waals surface area (Å²) in [6, 6.07) is 3.05. The van der Waals surface area contributed by atoms with Gasteiger partial charge in [-0.15, -0.1) is 22.7 Å². The van der Waals surface area contributed by atoms with Gasteiger partial charge in [0.1, 0.15) is 6.04 Å². The van der Waals surface area contributed by atoms with E-state index in [1.54, 1.807) is 11.3 Å². The number of hydrogen-bond acceptors (Lipinski definition) is 5. The summed E-state index contributed by atoms with van der Waals surface area (Å²) < 4.78 is 0. The fourth-order valence-electron chi connectivity index (χ4n) is 1.56. The number of carboxylic acid groups (broad SMARTS) is 1. The monoisotopic (exact) mass is 282 g/mol. The summed E-state index contributed by atoms with van der Waals surface area (Å²) in [4.78, 5) is 17.4. The zero-order chi connectivity index (χ0) is 13.0. The van der Waals surface area contributed by atoms with Crippen molar-refractivity contribution in [2.24, 2.45) is 0 Å². The van der Waals surface area contributed by atoms with Crippen LogP contribution in [0.5, 0.6) is 0 Å². The quantitative estimate of drug-likeness (QED) is 0.855. The molecule has 0 amide bonds. The molecule has 18 heavy (non-hydrogen) atoms. The summed E-state index contributed by atoms with van der Waals surface area (Å²) in [6.45, 7) is 2.59. The van der Waals surface area contributed by atoms with Gasteiger partial charge in [0.05, 0.1) is 5.01 Å². The van der Waals surface area contributed by atoms with Gasteiger partial charge in [0.2, 0.25) is 0 Å². The molecule has 1 unspecified atom stereocenters. The molecule has 2 N–H and O–H groups in total. The topological polar surface area (TPSA) is 62.2 Å². The first-order chi connectivity index (χ1) is 8.70. The van der Waals surface area contributed by atoms with Crippen molar-refractivity contribution in [3.63, 3.8) is 0 Å². The minimum Gasteiger partial charge on any atom is -0.480 e. The van der Waals surface area contributed by atoms with Crippen LogP contribution in [0.3, 0.4) is 0 Å². The lowest BCUT2D eigenvalue weighted by molar-refractivity contribution is -0.139. The lowest BCUT2D eigenvalue weighted by Gasteiger charge is -2.11. The standard InChI is InChI=1S/C12H14N2O2S2/c1-2-10-13-6-8(18-10)7-14-11(12(15)16)9-4-3-5-17-9/h3-6,11,14H,2,7H2,1H3,(H,15,16). The maximum atomic E-state index is 11.2. The molecular formula is C12H14N2O2S2. The van der Waals surface area contributed by atoms with Gasteiger partial charge in [-0.05, 0) is 17.9 Å². The molecule has 2 heterocycles. The van der Waals surface area contributed by atoms with Gasteiger partial charge in [-0.2, -0.15) is 0 Å². The van der Waals surface area contributed by atoms with Gasteiger partial charge < -0.3 is 5.11 Å². The molecule has 2 aromatic rings. The molecule has 4 nitrogen and oxygen atoms in total. The highest BCUT2D eigenvalue weighted by Gasteiger charge is 2.20. The van der Waals surface area contributed by atoms with Crippen molar-refractivity contribution in [1.29, 1.82) is 0 Å². The third kappa shape index (κ3) is 3.16. The molecule has 0 radical (unpaired) electrons. The normalized spacial score (nSPS) is 12.5. The average Bonchev–Trinajstić information content (AvgIpc) is 2.99.